The van der Waals surface area contributed by atoms with Gasteiger partial charge in [-0.15, -0.1) is 11.3 Å². The number of nitrogens with one attached hydrogen (secondary N) is 1. The van der Waals surface area contributed by atoms with Crippen LogP contribution in [0.5, 0.6) is 0 Å². The second-order valence-electron chi connectivity index (χ2n) is 6.04. The summed E-state index contributed by atoms with van der Waals surface area (Å²) in [7, 11) is 2.12. The first-order chi connectivity index (χ1) is 10.9. The van der Waals surface area contributed by atoms with E-state index in [4.69, 9.17) is 16.0 Å². The van der Waals surface area contributed by atoms with Gasteiger partial charge in [0.2, 0.25) is 0 Å². The molecule has 0 bridgehead atoms. The second kappa shape index (κ2) is 6.48. The molecular formula is C18H19ClNO2S+. The molecule has 3 aromatic rings. The molecule has 0 radical (unpaired) electrons. The van der Waals surface area contributed by atoms with Crippen molar-refractivity contribution in [3.8, 4) is 0 Å². The zero-order valence-electron chi connectivity index (χ0n) is 13.4. The van der Waals surface area contributed by atoms with Crippen LogP contribution in [0.25, 0.3) is 11.0 Å². The topological polar surface area (TPSA) is 34.6 Å². The van der Waals surface area contributed by atoms with E-state index in [1.54, 1.807) is 17.4 Å². The van der Waals surface area contributed by atoms with Crippen molar-refractivity contribution in [2.75, 3.05) is 7.05 Å². The van der Waals surface area contributed by atoms with Crippen molar-refractivity contribution < 1.29 is 9.32 Å². The monoisotopic (exact) mass is 348 g/mol. The Hall–Kier alpha value is -1.62. The van der Waals surface area contributed by atoms with Gasteiger partial charge in [-0.25, -0.2) is 4.79 Å². The van der Waals surface area contributed by atoms with Gasteiger partial charge < -0.3 is 9.32 Å². The molecule has 1 aromatic carbocycles. The van der Waals surface area contributed by atoms with Crippen LogP contribution in [0.15, 0.2) is 39.5 Å². The van der Waals surface area contributed by atoms with Crippen LogP contribution >= 0.6 is 22.9 Å². The van der Waals surface area contributed by atoms with Crippen molar-refractivity contribution in [3.63, 3.8) is 0 Å². The average Bonchev–Trinajstić information content (AvgIpc) is 2.86. The predicted molar refractivity (Wildman–Crippen MR) is 95.6 cm³/mol. The van der Waals surface area contributed by atoms with Gasteiger partial charge in [0.15, 0.2) is 0 Å². The van der Waals surface area contributed by atoms with E-state index in [2.05, 4.69) is 26.1 Å². The maximum atomic E-state index is 11.9. The summed E-state index contributed by atoms with van der Waals surface area (Å²) < 4.78 is 6.17. The first-order valence-electron chi connectivity index (χ1n) is 7.52. The Bertz CT molecular complexity index is 913. The van der Waals surface area contributed by atoms with E-state index >= 15 is 0 Å². The molecule has 0 aliphatic heterocycles. The molecule has 5 heteroatoms. The van der Waals surface area contributed by atoms with E-state index in [0.29, 0.717) is 5.58 Å². The quantitative estimate of drug-likeness (QED) is 0.734. The zero-order valence-corrected chi connectivity index (χ0v) is 15.0. The number of fused-ring (bicyclic) bond motifs is 1. The minimum Gasteiger partial charge on any atom is -0.423 e. The highest BCUT2D eigenvalue weighted by molar-refractivity contribution is 7.16. The van der Waals surface area contributed by atoms with Gasteiger partial charge >= 0.3 is 5.63 Å². The molecule has 0 saturated heterocycles. The van der Waals surface area contributed by atoms with Gasteiger partial charge in [0.25, 0.3) is 0 Å². The average molecular weight is 349 g/mol. The molecule has 2 heterocycles. The predicted octanol–water partition coefficient (Wildman–Crippen LogP) is 3.34. The Morgan fingerprint density at radius 3 is 2.57 bits per heavy atom. The van der Waals surface area contributed by atoms with Crippen molar-refractivity contribution in [2.45, 2.75) is 26.9 Å². The van der Waals surface area contributed by atoms with Gasteiger partial charge in [-0.2, -0.15) is 0 Å². The molecule has 1 N–H and O–H groups in total. The highest BCUT2D eigenvalue weighted by Gasteiger charge is 2.13. The van der Waals surface area contributed by atoms with E-state index in [1.165, 1.54) is 15.3 Å². The molecule has 0 saturated carbocycles. The second-order valence-corrected chi connectivity index (χ2v) is 7.84. The maximum absolute atomic E-state index is 11.9. The number of hydrogen-bond acceptors (Lipinski definition) is 3. The standard InChI is InChI=1S/C18H18ClNO2S/c1-11-6-15-13(8-18(21)22-16(15)7-12(11)2)9-20(3)10-14-4-5-17(19)23-14/h4-8H,9-10H2,1-3H3/p+1. The van der Waals surface area contributed by atoms with E-state index in [0.717, 1.165) is 33.9 Å². The molecular weight excluding hydrogens is 330 g/mol. The fourth-order valence-electron chi connectivity index (χ4n) is 2.76. The van der Waals surface area contributed by atoms with Crippen molar-refractivity contribution in [2.24, 2.45) is 0 Å². The Kier molecular flexibility index (Phi) is 4.57. The fraction of sp³-hybridized carbons (Fsp3) is 0.278. The molecule has 23 heavy (non-hydrogen) atoms. The third-order valence-corrected chi connectivity index (χ3v) is 5.27. The van der Waals surface area contributed by atoms with Crippen LogP contribution in [0.2, 0.25) is 4.34 Å². The number of halogens is 1. The molecule has 0 aliphatic carbocycles. The molecule has 3 rings (SSSR count). The molecule has 120 valence electrons. The van der Waals surface area contributed by atoms with Crippen LogP contribution in [-0.2, 0) is 13.1 Å². The van der Waals surface area contributed by atoms with E-state index < -0.39 is 0 Å². The minimum atomic E-state index is -0.289. The number of rotatable bonds is 4. The fourth-order valence-corrected chi connectivity index (χ4v) is 3.96. The molecule has 0 fully saturated rings. The summed E-state index contributed by atoms with van der Waals surface area (Å²) in [6.45, 7) is 5.75. The summed E-state index contributed by atoms with van der Waals surface area (Å²) in [5, 5.41) is 1.02. The van der Waals surface area contributed by atoms with Crippen molar-refractivity contribution in [1.82, 2.24) is 0 Å². The molecule has 0 spiro atoms. The zero-order chi connectivity index (χ0) is 16.6. The summed E-state index contributed by atoms with van der Waals surface area (Å²) >= 11 is 7.59. The van der Waals surface area contributed by atoms with Crippen LogP contribution < -0.4 is 10.5 Å². The molecule has 0 aliphatic rings. The number of quaternary nitrogens is 1. The van der Waals surface area contributed by atoms with Crippen molar-refractivity contribution >= 4 is 33.9 Å². The lowest BCUT2D eigenvalue weighted by atomic mass is 10.0. The third-order valence-electron chi connectivity index (χ3n) is 4.04. The van der Waals surface area contributed by atoms with E-state index in [9.17, 15) is 4.79 Å². The molecule has 2 aromatic heterocycles. The highest BCUT2D eigenvalue weighted by atomic mass is 35.5. The first-order valence-corrected chi connectivity index (χ1v) is 8.71. The van der Waals surface area contributed by atoms with Crippen molar-refractivity contribution in [1.29, 1.82) is 0 Å². The molecule has 0 amide bonds. The SMILES string of the molecule is Cc1cc2oc(=O)cc(C[NH+](C)Cc3ccc(Cl)s3)c2cc1C. The van der Waals surface area contributed by atoms with E-state index in [1.807, 2.05) is 19.1 Å². The van der Waals surface area contributed by atoms with E-state index in [-0.39, 0.29) is 5.63 Å². The highest BCUT2D eigenvalue weighted by Crippen LogP contribution is 2.22. The Morgan fingerprint density at radius 2 is 1.87 bits per heavy atom. The van der Waals surface area contributed by atoms with Crippen molar-refractivity contribution in [3.05, 3.63) is 66.7 Å². The van der Waals surface area contributed by atoms with Gasteiger partial charge in [-0.05, 0) is 49.2 Å². The molecule has 1 unspecified atom stereocenters. The summed E-state index contributed by atoms with van der Waals surface area (Å²) in [5.74, 6) is 0. The largest absolute Gasteiger partial charge is 0.423 e. The van der Waals surface area contributed by atoms with Crippen LogP contribution in [0.1, 0.15) is 21.6 Å². The Morgan fingerprint density at radius 1 is 1.13 bits per heavy atom. The third kappa shape index (κ3) is 3.66. The number of aryl methyl sites for hydroxylation is 2. The maximum Gasteiger partial charge on any atom is 0.336 e. The lowest BCUT2D eigenvalue weighted by Gasteiger charge is -2.14. The Labute approximate surface area is 144 Å². The number of hydrogen-bond donors (Lipinski definition) is 1. The summed E-state index contributed by atoms with van der Waals surface area (Å²) in [5.41, 5.74) is 3.74. The van der Waals surface area contributed by atoms with Gasteiger partial charge in [0, 0.05) is 17.0 Å². The number of thiophene rings is 1. The minimum absolute atomic E-state index is 0.289. The normalized spacial score (nSPS) is 12.7. The smallest absolute Gasteiger partial charge is 0.336 e. The first kappa shape index (κ1) is 16.2. The summed E-state index contributed by atoms with van der Waals surface area (Å²) in [6.07, 6.45) is 0. The lowest BCUT2D eigenvalue weighted by Crippen LogP contribution is -3.06. The lowest BCUT2D eigenvalue weighted by molar-refractivity contribution is -0.907. The van der Waals surface area contributed by atoms with Gasteiger partial charge in [0.05, 0.1) is 16.3 Å². The molecule has 1 atom stereocenters. The summed E-state index contributed by atoms with van der Waals surface area (Å²) in [6, 6.07) is 9.65. The Balaban J connectivity index is 1.92. The van der Waals surface area contributed by atoms with Crippen LogP contribution in [0.3, 0.4) is 0 Å². The number of benzene rings is 1. The van der Waals surface area contributed by atoms with Crippen LogP contribution in [0.4, 0.5) is 0 Å². The van der Waals surface area contributed by atoms with Gasteiger partial charge in [-0.3, -0.25) is 0 Å². The van der Waals surface area contributed by atoms with Gasteiger partial charge in [-0.1, -0.05) is 11.6 Å². The van der Waals surface area contributed by atoms with Crippen LogP contribution in [0, 0.1) is 13.8 Å². The van der Waals surface area contributed by atoms with Crippen LogP contribution in [-0.4, -0.2) is 7.05 Å². The van der Waals surface area contributed by atoms with Gasteiger partial charge in [0.1, 0.15) is 18.7 Å². The summed E-state index contributed by atoms with van der Waals surface area (Å²) in [4.78, 5) is 14.4. The molecule has 3 nitrogen and oxygen atoms in total.